The van der Waals surface area contributed by atoms with Crippen molar-refractivity contribution >= 4 is 17.5 Å². The normalized spacial score (nSPS) is 11.3. The Kier molecular flexibility index (Phi) is 4.57. The number of halogens is 4. The van der Waals surface area contributed by atoms with Crippen molar-refractivity contribution in [3.8, 4) is 5.75 Å². The second kappa shape index (κ2) is 6.27. The lowest BCUT2D eigenvalue weighted by atomic mass is 10.3. The maximum atomic E-state index is 13.4. The molecule has 0 aliphatic heterocycles. The maximum absolute atomic E-state index is 13.4. The summed E-state index contributed by atoms with van der Waals surface area (Å²) >= 11 is 0. The second-order valence-electron chi connectivity index (χ2n) is 4.83. The smallest absolute Gasteiger partial charge is 0.433 e. The average Bonchev–Trinajstić information content (AvgIpc) is 2.45. The molecular formula is C14H14F4N4O. The van der Waals surface area contributed by atoms with E-state index in [4.69, 9.17) is 4.74 Å². The van der Waals surface area contributed by atoms with Gasteiger partial charge in [-0.15, -0.1) is 0 Å². The predicted molar refractivity (Wildman–Crippen MR) is 77.6 cm³/mol. The monoisotopic (exact) mass is 330 g/mol. The zero-order chi connectivity index (χ0) is 17.2. The lowest BCUT2D eigenvalue weighted by Crippen LogP contribution is -2.16. The van der Waals surface area contributed by atoms with E-state index in [0.717, 1.165) is 18.2 Å². The molecule has 9 heteroatoms. The lowest BCUT2D eigenvalue weighted by molar-refractivity contribution is -0.141. The number of nitrogens with zero attached hydrogens (tertiary/aromatic N) is 3. The molecule has 0 saturated carbocycles. The van der Waals surface area contributed by atoms with Crippen molar-refractivity contribution < 1.29 is 22.3 Å². The molecule has 1 N–H and O–H groups in total. The van der Waals surface area contributed by atoms with E-state index in [1.165, 1.54) is 18.1 Å². The second-order valence-corrected chi connectivity index (χ2v) is 4.83. The van der Waals surface area contributed by atoms with Gasteiger partial charge < -0.3 is 15.0 Å². The first kappa shape index (κ1) is 16.8. The van der Waals surface area contributed by atoms with Crippen LogP contribution >= 0.6 is 0 Å². The summed E-state index contributed by atoms with van der Waals surface area (Å²) < 4.78 is 57.1. The van der Waals surface area contributed by atoms with Crippen LogP contribution < -0.4 is 15.0 Å². The Balaban J connectivity index is 2.43. The third-order valence-corrected chi connectivity index (χ3v) is 2.82. The minimum Gasteiger partial charge on any atom is -0.497 e. The summed E-state index contributed by atoms with van der Waals surface area (Å²) in [6.07, 6.45) is -4.62. The molecule has 0 amide bonds. The number of aromatic nitrogens is 2. The topological polar surface area (TPSA) is 50.3 Å². The first-order valence-corrected chi connectivity index (χ1v) is 6.44. The molecular weight excluding hydrogens is 316 g/mol. The van der Waals surface area contributed by atoms with Crippen LogP contribution in [0.2, 0.25) is 0 Å². The molecule has 1 aromatic heterocycles. The van der Waals surface area contributed by atoms with Crippen LogP contribution in [0.1, 0.15) is 5.69 Å². The summed E-state index contributed by atoms with van der Waals surface area (Å²) in [5.74, 6) is -0.617. The van der Waals surface area contributed by atoms with Crippen LogP contribution in [0.3, 0.4) is 0 Å². The van der Waals surface area contributed by atoms with Gasteiger partial charge in [0.2, 0.25) is 5.95 Å². The Labute approximate surface area is 129 Å². The molecule has 0 fully saturated rings. The predicted octanol–water partition coefficient (Wildman–Crippen LogP) is 3.45. The number of alkyl halides is 3. The Hall–Kier alpha value is -2.58. The fraction of sp³-hybridized carbons (Fsp3) is 0.286. The molecule has 124 valence electrons. The van der Waals surface area contributed by atoms with Gasteiger partial charge in [-0.3, -0.25) is 0 Å². The van der Waals surface area contributed by atoms with Gasteiger partial charge in [0, 0.05) is 38.0 Å². The largest absolute Gasteiger partial charge is 0.497 e. The molecule has 23 heavy (non-hydrogen) atoms. The van der Waals surface area contributed by atoms with Crippen LogP contribution in [0, 0.1) is 5.82 Å². The van der Waals surface area contributed by atoms with Gasteiger partial charge in [-0.25, -0.2) is 9.37 Å². The summed E-state index contributed by atoms with van der Waals surface area (Å²) in [4.78, 5) is 8.81. The summed E-state index contributed by atoms with van der Waals surface area (Å²) in [6.45, 7) is 0. The molecule has 2 rings (SSSR count). The third-order valence-electron chi connectivity index (χ3n) is 2.82. The number of anilines is 3. The minimum atomic E-state index is -4.62. The van der Waals surface area contributed by atoms with Crippen molar-refractivity contribution in [3.05, 3.63) is 35.8 Å². The fourth-order valence-electron chi connectivity index (χ4n) is 1.75. The van der Waals surface area contributed by atoms with E-state index in [1.807, 2.05) is 0 Å². The fourth-order valence-corrected chi connectivity index (χ4v) is 1.75. The zero-order valence-electron chi connectivity index (χ0n) is 12.6. The third kappa shape index (κ3) is 4.21. The molecule has 0 aliphatic rings. The highest BCUT2D eigenvalue weighted by molar-refractivity contribution is 5.58. The average molecular weight is 330 g/mol. The van der Waals surface area contributed by atoms with E-state index in [2.05, 4.69) is 15.3 Å². The van der Waals surface area contributed by atoms with E-state index < -0.39 is 17.7 Å². The molecule has 0 aliphatic carbocycles. The van der Waals surface area contributed by atoms with E-state index in [0.29, 0.717) is 0 Å². The van der Waals surface area contributed by atoms with Crippen molar-refractivity contribution in [2.24, 2.45) is 0 Å². The number of methoxy groups -OCH3 is 1. The van der Waals surface area contributed by atoms with Crippen LogP contribution in [-0.4, -0.2) is 31.2 Å². The number of hydrogen-bond donors (Lipinski definition) is 1. The number of nitrogens with one attached hydrogen (secondary N) is 1. The van der Waals surface area contributed by atoms with Gasteiger partial charge in [-0.1, -0.05) is 0 Å². The van der Waals surface area contributed by atoms with Crippen molar-refractivity contribution in [2.45, 2.75) is 6.18 Å². The molecule has 1 heterocycles. The van der Waals surface area contributed by atoms with E-state index in [9.17, 15) is 17.6 Å². The van der Waals surface area contributed by atoms with Crippen molar-refractivity contribution in [1.29, 1.82) is 0 Å². The van der Waals surface area contributed by atoms with Gasteiger partial charge in [0.25, 0.3) is 0 Å². The lowest BCUT2D eigenvalue weighted by Gasteiger charge is -2.16. The van der Waals surface area contributed by atoms with Crippen molar-refractivity contribution in [1.82, 2.24) is 9.97 Å². The standard InChI is InChI=1S/C14H14F4N4O/c1-22(2)12-7-11(14(16,17)18)20-13(21-12)19-9-4-8(15)5-10(6-9)23-3/h4-7H,1-3H3,(H,19,20,21). The summed E-state index contributed by atoms with van der Waals surface area (Å²) in [5.41, 5.74) is -0.923. The molecule has 0 spiro atoms. The molecule has 0 bridgehead atoms. The van der Waals surface area contributed by atoms with Crippen molar-refractivity contribution in [3.63, 3.8) is 0 Å². The van der Waals surface area contributed by atoms with Crippen molar-refractivity contribution in [2.75, 3.05) is 31.4 Å². The summed E-state index contributed by atoms with van der Waals surface area (Å²) in [5, 5.41) is 2.56. The van der Waals surface area contributed by atoms with Crippen LogP contribution in [-0.2, 0) is 6.18 Å². The molecule has 0 unspecified atom stereocenters. The maximum Gasteiger partial charge on any atom is 0.433 e. The number of rotatable bonds is 4. The van der Waals surface area contributed by atoms with E-state index in [-0.39, 0.29) is 23.2 Å². The van der Waals surface area contributed by atoms with Crippen LogP contribution in [0.5, 0.6) is 5.75 Å². The molecule has 0 atom stereocenters. The highest BCUT2D eigenvalue weighted by atomic mass is 19.4. The minimum absolute atomic E-state index is 0.0678. The van der Waals surface area contributed by atoms with E-state index >= 15 is 0 Å². The SMILES string of the molecule is COc1cc(F)cc(Nc2nc(N(C)C)cc(C(F)(F)F)n2)c1. The number of hydrogen-bond acceptors (Lipinski definition) is 5. The van der Waals surface area contributed by atoms with E-state index in [1.54, 1.807) is 14.1 Å². The molecule has 0 saturated heterocycles. The van der Waals surface area contributed by atoms with Gasteiger partial charge in [0.05, 0.1) is 7.11 Å². The van der Waals surface area contributed by atoms with Gasteiger partial charge in [-0.05, 0) is 6.07 Å². The highest BCUT2D eigenvalue weighted by Gasteiger charge is 2.34. The zero-order valence-corrected chi connectivity index (χ0v) is 12.6. The first-order chi connectivity index (χ1) is 10.7. The molecule has 1 aromatic carbocycles. The van der Waals surface area contributed by atoms with Gasteiger partial charge in [0.1, 0.15) is 17.4 Å². The molecule has 0 radical (unpaired) electrons. The van der Waals surface area contributed by atoms with Gasteiger partial charge >= 0.3 is 6.18 Å². The van der Waals surface area contributed by atoms with Crippen LogP contribution in [0.25, 0.3) is 0 Å². The van der Waals surface area contributed by atoms with Crippen LogP contribution in [0.15, 0.2) is 24.3 Å². The molecule has 5 nitrogen and oxygen atoms in total. The van der Waals surface area contributed by atoms with Gasteiger partial charge in [0.15, 0.2) is 5.69 Å². The van der Waals surface area contributed by atoms with Gasteiger partial charge in [-0.2, -0.15) is 18.2 Å². The highest BCUT2D eigenvalue weighted by Crippen LogP contribution is 2.31. The Morgan fingerprint density at radius 3 is 2.35 bits per heavy atom. The Bertz CT molecular complexity index is 704. The Morgan fingerprint density at radius 1 is 1.09 bits per heavy atom. The first-order valence-electron chi connectivity index (χ1n) is 6.44. The Morgan fingerprint density at radius 2 is 1.78 bits per heavy atom. The summed E-state index contributed by atoms with van der Waals surface area (Å²) in [7, 11) is 4.46. The summed E-state index contributed by atoms with van der Waals surface area (Å²) in [6, 6.07) is 4.49. The number of benzene rings is 1. The quantitative estimate of drug-likeness (QED) is 0.870. The van der Waals surface area contributed by atoms with Crippen LogP contribution in [0.4, 0.5) is 35.0 Å². The number of ether oxygens (including phenoxy) is 1. The molecule has 2 aromatic rings.